The van der Waals surface area contributed by atoms with Gasteiger partial charge in [0.2, 0.25) is 11.8 Å². The third kappa shape index (κ3) is 8.08. The van der Waals surface area contributed by atoms with E-state index in [1.165, 1.54) is 17.0 Å². The molecule has 0 fully saturated rings. The molecule has 0 unspecified atom stereocenters. The van der Waals surface area contributed by atoms with E-state index in [9.17, 15) is 18.0 Å². The minimum absolute atomic E-state index is 0.0552. The lowest BCUT2D eigenvalue weighted by atomic mass is 10.1. The summed E-state index contributed by atoms with van der Waals surface area (Å²) in [7, 11) is -2.57. The van der Waals surface area contributed by atoms with Gasteiger partial charge in [0.25, 0.3) is 10.0 Å². The van der Waals surface area contributed by atoms with Crippen LogP contribution < -0.4 is 14.4 Å². The van der Waals surface area contributed by atoms with Crippen molar-refractivity contribution in [1.82, 2.24) is 10.2 Å². The van der Waals surface area contributed by atoms with Crippen LogP contribution in [0.4, 0.5) is 5.69 Å². The number of halogens is 1. The molecule has 0 aliphatic carbocycles. The van der Waals surface area contributed by atoms with Gasteiger partial charge in [-0.25, -0.2) is 8.42 Å². The minimum atomic E-state index is -4.12. The molecule has 0 saturated heterocycles. The summed E-state index contributed by atoms with van der Waals surface area (Å²) in [5.74, 6) is -0.219. The van der Waals surface area contributed by atoms with Crippen molar-refractivity contribution in [3.05, 3.63) is 88.9 Å². The van der Waals surface area contributed by atoms with Crippen LogP contribution in [0.25, 0.3) is 0 Å². The predicted octanol–water partition coefficient (Wildman–Crippen LogP) is 5.38. The highest BCUT2D eigenvalue weighted by Crippen LogP contribution is 2.27. The summed E-state index contributed by atoms with van der Waals surface area (Å²) in [6.45, 7) is 7.01. The lowest BCUT2D eigenvalue weighted by Crippen LogP contribution is -2.55. The lowest BCUT2D eigenvalue weighted by molar-refractivity contribution is -0.141. The quantitative estimate of drug-likeness (QED) is 0.307. The van der Waals surface area contributed by atoms with E-state index in [1.807, 2.05) is 33.8 Å². The zero-order chi connectivity index (χ0) is 29.5. The van der Waals surface area contributed by atoms with Gasteiger partial charge in [-0.1, -0.05) is 59.3 Å². The summed E-state index contributed by atoms with van der Waals surface area (Å²) in [5.41, 5.74) is 0.545. The van der Waals surface area contributed by atoms with E-state index in [4.69, 9.17) is 4.74 Å². The number of amides is 2. The van der Waals surface area contributed by atoms with Crippen molar-refractivity contribution in [2.24, 2.45) is 0 Å². The van der Waals surface area contributed by atoms with Crippen molar-refractivity contribution in [3.8, 4) is 5.75 Å². The first-order valence-electron chi connectivity index (χ1n) is 12.9. The third-order valence-electron chi connectivity index (χ3n) is 6.08. The van der Waals surface area contributed by atoms with Crippen LogP contribution in [0.2, 0.25) is 0 Å². The Labute approximate surface area is 245 Å². The number of sulfonamides is 1. The summed E-state index contributed by atoms with van der Waals surface area (Å²) in [6.07, 6.45) is 0.333. The van der Waals surface area contributed by atoms with Gasteiger partial charge in [-0.15, -0.1) is 0 Å². The number of anilines is 1. The Kier molecular flexibility index (Phi) is 10.4. The molecule has 0 bridgehead atoms. The van der Waals surface area contributed by atoms with Crippen LogP contribution >= 0.6 is 15.9 Å². The topological polar surface area (TPSA) is 96.0 Å². The van der Waals surface area contributed by atoms with E-state index < -0.39 is 34.1 Å². The number of ether oxygens (including phenoxy) is 1. The molecule has 0 aliphatic rings. The number of nitrogens with one attached hydrogen (secondary N) is 1. The van der Waals surface area contributed by atoms with E-state index in [0.717, 1.165) is 9.87 Å². The molecule has 3 rings (SSSR count). The molecule has 1 N–H and O–H groups in total. The molecule has 0 saturated carbocycles. The number of methoxy groups -OCH3 is 1. The number of hydrogen-bond acceptors (Lipinski definition) is 5. The van der Waals surface area contributed by atoms with Crippen LogP contribution in [-0.2, 0) is 26.2 Å². The molecule has 3 aromatic carbocycles. The molecule has 214 valence electrons. The predicted molar refractivity (Wildman–Crippen MR) is 161 cm³/mol. The first-order chi connectivity index (χ1) is 18.9. The number of nitrogens with zero attached hydrogens (tertiary/aromatic N) is 2. The fourth-order valence-electron chi connectivity index (χ4n) is 4.22. The zero-order valence-electron chi connectivity index (χ0n) is 23.4. The highest BCUT2D eigenvalue weighted by molar-refractivity contribution is 9.10. The second-order valence-corrected chi connectivity index (χ2v) is 13.1. The van der Waals surface area contributed by atoms with Crippen LogP contribution in [0.5, 0.6) is 5.75 Å². The Morgan fingerprint density at radius 2 is 1.65 bits per heavy atom. The van der Waals surface area contributed by atoms with Crippen molar-refractivity contribution in [1.29, 1.82) is 0 Å². The van der Waals surface area contributed by atoms with Crippen molar-refractivity contribution in [2.45, 2.75) is 57.1 Å². The Hall–Kier alpha value is -3.37. The Morgan fingerprint density at radius 1 is 0.975 bits per heavy atom. The monoisotopic (exact) mass is 629 g/mol. The smallest absolute Gasteiger partial charge is 0.264 e. The Balaban J connectivity index is 2.07. The van der Waals surface area contributed by atoms with E-state index >= 15 is 0 Å². The number of benzene rings is 3. The fraction of sp³-hybridized carbons (Fsp3) is 0.333. The molecule has 3 aromatic rings. The van der Waals surface area contributed by atoms with Gasteiger partial charge >= 0.3 is 0 Å². The second kappa shape index (κ2) is 13.3. The number of hydrogen-bond donors (Lipinski definition) is 1. The van der Waals surface area contributed by atoms with Crippen LogP contribution in [0.1, 0.15) is 39.7 Å². The van der Waals surface area contributed by atoms with Gasteiger partial charge in [-0.2, -0.15) is 0 Å². The first-order valence-corrected chi connectivity index (χ1v) is 15.2. The Morgan fingerprint density at radius 3 is 2.25 bits per heavy atom. The number of carbonyl (C=O) groups is 2. The zero-order valence-corrected chi connectivity index (χ0v) is 25.8. The molecule has 2 amide bonds. The van der Waals surface area contributed by atoms with Gasteiger partial charge in [0.05, 0.1) is 17.7 Å². The fourth-order valence-corrected chi connectivity index (χ4v) is 6.03. The largest absolute Gasteiger partial charge is 0.497 e. The highest BCUT2D eigenvalue weighted by Gasteiger charge is 2.34. The molecule has 0 heterocycles. The van der Waals surface area contributed by atoms with Crippen LogP contribution in [-0.4, -0.2) is 50.4 Å². The van der Waals surface area contributed by atoms with E-state index in [0.29, 0.717) is 22.3 Å². The molecule has 1 atom stereocenters. The van der Waals surface area contributed by atoms with E-state index in [-0.39, 0.29) is 17.3 Å². The number of carbonyl (C=O) groups excluding carboxylic acids is 2. The maximum Gasteiger partial charge on any atom is 0.264 e. The Bertz CT molecular complexity index is 1420. The van der Waals surface area contributed by atoms with Crippen molar-refractivity contribution in [3.63, 3.8) is 0 Å². The van der Waals surface area contributed by atoms with Gasteiger partial charge in [0, 0.05) is 16.6 Å². The third-order valence-corrected chi connectivity index (χ3v) is 8.36. The molecule has 8 nitrogen and oxygen atoms in total. The SMILES string of the molecule is CC[C@H](C(=O)NC(C)(C)C)N(Cc1cccc(OC)c1)C(=O)CN(c1cccc(Br)c1)S(=O)(=O)c1ccccc1. The van der Waals surface area contributed by atoms with Crippen LogP contribution in [0.15, 0.2) is 88.2 Å². The maximum absolute atomic E-state index is 14.1. The molecular formula is C30H36BrN3O5S. The van der Waals surface area contributed by atoms with E-state index in [2.05, 4.69) is 21.2 Å². The second-order valence-electron chi connectivity index (χ2n) is 10.3. The molecule has 40 heavy (non-hydrogen) atoms. The maximum atomic E-state index is 14.1. The summed E-state index contributed by atoms with van der Waals surface area (Å²) in [4.78, 5) is 29.0. The standard InChI is InChI=1S/C30H36BrN3O5S/c1-6-27(29(36)32-30(2,3)4)33(20-22-12-10-15-25(18-22)39-5)28(35)21-34(24-14-11-13-23(31)19-24)40(37,38)26-16-8-7-9-17-26/h7-19,27H,6,20-21H2,1-5H3,(H,32,36)/t27-/m1/s1. The molecule has 10 heteroatoms. The molecule has 0 radical (unpaired) electrons. The van der Waals surface area contributed by atoms with Gasteiger partial charge in [0.15, 0.2) is 0 Å². The first kappa shape index (κ1) is 31.2. The summed E-state index contributed by atoms with van der Waals surface area (Å²) in [5, 5.41) is 2.97. The normalized spacial score (nSPS) is 12.3. The average Bonchev–Trinajstić information content (AvgIpc) is 2.91. The van der Waals surface area contributed by atoms with Gasteiger partial charge < -0.3 is 15.0 Å². The number of rotatable bonds is 11. The summed E-state index contributed by atoms with van der Waals surface area (Å²) in [6, 6.07) is 21.1. The molecule has 0 aliphatic heterocycles. The van der Waals surface area contributed by atoms with Gasteiger partial charge in [-0.05, 0) is 75.2 Å². The molecular weight excluding hydrogens is 594 g/mol. The van der Waals surface area contributed by atoms with E-state index in [1.54, 1.807) is 67.8 Å². The van der Waals surface area contributed by atoms with Crippen molar-refractivity contribution >= 4 is 43.5 Å². The minimum Gasteiger partial charge on any atom is -0.497 e. The molecule has 0 spiro atoms. The van der Waals surface area contributed by atoms with Crippen LogP contribution in [0, 0.1) is 0 Å². The van der Waals surface area contributed by atoms with Crippen molar-refractivity contribution in [2.75, 3.05) is 18.0 Å². The van der Waals surface area contributed by atoms with Gasteiger partial charge in [0.1, 0.15) is 18.3 Å². The van der Waals surface area contributed by atoms with Crippen LogP contribution in [0.3, 0.4) is 0 Å². The van der Waals surface area contributed by atoms with Crippen molar-refractivity contribution < 1.29 is 22.7 Å². The molecule has 0 aromatic heterocycles. The lowest BCUT2D eigenvalue weighted by Gasteiger charge is -2.34. The summed E-state index contributed by atoms with van der Waals surface area (Å²) < 4.78 is 34.8. The highest BCUT2D eigenvalue weighted by atomic mass is 79.9. The summed E-state index contributed by atoms with van der Waals surface area (Å²) >= 11 is 3.41. The average molecular weight is 631 g/mol. The van der Waals surface area contributed by atoms with Gasteiger partial charge in [-0.3, -0.25) is 13.9 Å².